The van der Waals surface area contributed by atoms with Gasteiger partial charge in [-0.3, -0.25) is 9.59 Å². The molecule has 9 heteroatoms. The minimum Gasteiger partial charge on any atom is -0.493 e. The molecule has 0 fully saturated rings. The van der Waals surface area contributed by atoms with Crippen LogP contribution in [0.15, 0.2) is 120 Å². The minimum absolute atomic E-state index is 0. The fourth-order valence-corrected chi connectivity index (χ4v) is 3.65. The van der Waals surface area contributed by atoms with Crippen molar-refractivity contribution < 1.29 is 35.8 Å². The number of rotatable bonds is 8. The fourth-order valence-electron chi connectivity index (χ4n) is 3.65. The number of methoxy groups -OCH3 is 2. The number of Topliss-reactive ketones (excluding diaryl/α,β-unsaturated/α-hetero) is 2. The molecule has 2 N–H and O–H groups in total. The number of nitrogens with zero attached hydrogens (tertiary/aromatic N) is 2. The van der Waals surface area contributed by atoms with E-state index in [1.165, 1.54) is 14.2 Å². The summed E-state index contributed by atoms with van der Waals surface area (Å²) in [7, 11) is 11.0. The number of hydrogen-bond donors (Lipinski definition) is 2. The number of nitrogens with one attached hydrogen (secondary N) is 2. The summed E-state index contributed by atoms with van der Waals surface area (Å²) in [6.45, 7) is 0. The van der Waals surface area contributed by atoms with Gasteiger partial charge in [0.1, 0.15) is 0 Å². The summed E-state index contributed by atoms with van der Waals surface area (Å²) in [5.74, 6) is 0.465. The van der Waals surface area contributed by atoms with E-state index in [1.54, 1.807) is 48.9 Å². The molecule has 0 atom stereocenters. The monoisotopic (exact) mass is 599 g/mol. The first kappa shape index (κ1) is 32.7. The van der Waals surface area contributed by atoms with Gasteiger partial charge in [0.15, 0.2) is 11.5 Å². The zero-order chi connectivity index (χ0) is 29.1. The van der Waals surface area contributed by atoms with Crippen LogP contribution in [0.25, 0.3) is 0 Å². The van der Waals surface area contributed by atoms with Gasteiger partial charge in [-0.1, -0.05) is 12.2 Å². The molecule has 0 aromatic heterocycles. The van der Waals surface area contributed by atoms with Gasteiger partial charge in [0.05, 0.1) is 14.2 Å². The van der Waals surface area contributed by atoms with Crippen molar-refractivity contribution in [2.45, 2.75) is 0 Å². The number of carbonyl (C=O) groups is 2. The molecule has 0 heterocycles. The first-order valence-corrected chi connectivity index (χ1v) is 12.7. The second-order valence-electron chi connectivity index (χ2n) is 9.22. The van der Waals surface area contributed by atoms with Crippen molar-refractivity contribution in [1.82, 2.24) is 0 Å². The second-order valence-corrected chi connectivity index (χ2v) is 9.22. The van der Waals surface area contributed by atoms with E-state index in [-0.39, 0.29) is 28.3 Å². The second kappa shape index (κ2) is 16.0. The molecule has 8 nitrogen and oxygen atoms in total. The summed E-state index contributed by atoms with van der Waals surface area (Å²) >= 11 is 0. The summed E-state index contributed by atoms with van der Waals surface area (Å²) in [5.41, 5.74) is 5.25. The average Bonchev–Trinajstić information content (AvgIpc) is 2.97. The molecule has 41 heavy (non-hydrogen) atoms. The van der Waals surface area contributed by atoms with Crippen LogP contribution in [0.5, 0.6) is 0 Å². The van der Waals surface area contributed by atoms with Gasteiger partial charge in [0.2, 0.25) is 11.6 Å². The maximum Gasteiger partial charge on any atom is 0.228 e. The van der Waals surface area contributed by atoms with Crippen molar-refractivity contribution in [2.75, 3.05) is 62.8 Å². The first-order chi connectivity index (χ1) is 19.2. The Morgan fingerprint density at radius 2 is 0.951 bits per heavy atom. The molecule has 217 valence electrons. The molecule has 2 aliphatic rings. The molecule has 0 unspecified atom stereocenters. The molecule has 0 aliphatic heterocycles. The van der Waals surface area contributed by atoms with E-state index in [0.29, 0.717) is 22.7 Å². The molecule has 0 spiro atoms. The Morgan fingerprint density at radius 1 is 0.610 bits per heavy atom. The van der Waals surface area contributed by atoms with E-state index >= 15 is 0 Å². The Morgan fingerprint density at radius 3 is 1.24 bits per heavy atom. The van der Waals surface area contributed by atoms with Gasteiger partial charge in [-0.05, 0) is 72.8 Å². The van der Waals surface area contributed by atoms with Crippen molar-refractivity contribution in [3.05, 3.63) is 120 Å². The average molecular weight is 600 g/mol. The van der Waals surface area contributed by atoms with Crippen molar-refractivity contribution in [3.8, 4) is 0 Å². The number of benzene rings is 2. The molecule has 2 aromatic carbocycles. The predicted octanol–water partition coefficient (Wildman–Crippen LogP) is 5.43. The smallest absolute Gasteiger partial charge is 0.228 e. The van der Waals surface area contributed by atoms with Crippen LogP contribution in [0.2, 0.25) is 0 Å². The SMILES string of the molecule is COC1=CC=CC(=CNc2ccc(N(C)C)cc2)C1=O.COC1=CC=CC(=CNc2ccc(N(C)C)cc2)C1=O.[Co]. The van der Waals surface area contributed by atoms with Crippen molar-refractivity contribution >= 4 is 34.3 Å². The van der Waals surface area contributed by atoms with Crippen molar-refractivity contribution in [3.63, 3.8) is 0 Å². The summed E-state index contributed by atoms with van der Waals surface area (Å²) < 4.78 is 10.0. The Hall–Kier alpha value is -4.47. The Balaban J connectivity index is 0.000000280. The van der Waals surface area contributed by atoms with E-state index in [2.05, 4.69) is 10.6 Å². The van der Waals surface area contributed by atoms with Gasteiger partial charge in [0, 0.05) is 91.3 Å². The van der Waals surface area contributed by atoms with E-state index in [0.717, 1.165) is 22.7 Å². The third-order valence-corrected chi connectivity index (χ3v) is 6.01. The van der Waals surface area contributed by atoms with Crippen LogP contribution in [-0.2, 0) is 35.8 Å². The molecule has 2 aromatic rings. The van der Waals surface area contributed by atoms with Crippen molar-refractivity contribution in [1.29, 1.82) is 0 Å². The quantitative estimate of drug-likeness (QED) is 0.389. The standard InChI is InChI=1S/2C16H18N2O2.Co/c2*1-18(2)14-9-7-13(8-10-14)17-11-12-5-4-6-15(20-3)16(12)19;/h2*4-11,17H,1-3H3;. The molecule has 0 amide bonds. The van der Waals surface area contributed by atoms with Crippen LogP contribution in [0.1, 0.15) is 0 Å². The molecule has 2 aliphatic carbocycles. The van der Waals surface area contributed by atoms with E-state index in [9.17, 15) is 9.59 Å². The number of hydrogen-bond acceptors (Lipinski definition) is 8. The Labute approximate surface area is 252 Å². The van der Waals surface area contributed by atoms with Crippen LogP contribution in [0.3, 0.4) is 0 Å². The predicted molar refractivity (Wildman–Crippen MR) is 163 cm³/mol. The summed E-state index contributed by atoms with van der Waals surface area (Å²) in [6.07, 6.45) is 13.8. The fraction of sp³-hybridized carbons (Fsp3) is 0.188. The molecule has 4 rings (SSSR count). The minimum atomic E-state index is -0.118. The maximum atomic E-state index is 12.0. The van der Waals surface area contributed by atoms with Crippen molar-refractivity contribution in [2.24, 2.45) is 0 Å². The number of carbonyl (C=O) groups excluding carboxylic acids is 2. The van der Waals surface area contributed by atoms with Gasteiger partial charge in [-0.25, -0.2) is 0 Å². The summed E-state index contributed by atoms with van der Waals surface area (Å²) in [5, 5.41) is 6.24. The molecular formula is C32H36CoN4O4. The molecule has 0 saturated carbocycles. The van der Waals surface area contributed by atoms with Crippen LogP contribution in [-0.4, -0.2) is 54.0 Å². The number of ketones is 2. The zero-order valence-corrected chi connectivity index (χ0v) is 25.1. The van der Waals surface area contributed by atoms with E-state index in [4.69, 9.17) is 9.47 Å². The summed E-state index contributed by atoms with van der Waals surface area (Å²) in [4.78, 5) is 28.0. The largest absolute Gasteiger partial charge is 0.493 e. The maximum absolute atomic E-state index is 12.0. The van der Waals surface area contributed by atoms with Crippen LogP contribution in [0.4, 0.5) is 22.7 Å². The number of ether oxygens (including phenoxy) is 2. The third-order valence-electron chi connectivity index (χ3n) is 6.01. The van der Waals surface area contributed by atoms with Gasteiger partial charge >= 0.3 is 0 Å². The zero-order valence-electron chi connectivity index (χ0n) is 24.1. The third kappa shape index (κ3) is 9.30. The van der Waals surface area contributed by atoms with Crippen LogP contribution >= 0.6 is 0 Å². The van der Waals surface area contributed by atoms with Gasteiger partial charge in [-0.2, -0.15) is 0 Å². The topological polar surface area (TPSA) is 83.1 Å². The molecule has 0 bridgehead atoms. The number of anilines is 4. The van der Waals surface area contributed by atoms with Gasteiger partial charge in [0.25, 0.3) is 0 Å². The number of allylic oxidation sites excluding steroid dienone is 8. The van der Waals surface area contributed by atoms with Gasteiger partial charge in [-0.15, -0.1) is 0 Å². The Bertz CT molecular complexity index is 1280. The molecule has 0 saturated heterocycles. The van der Waals surface area contributed by atoms with E-state index in [1.807, 2.05) is 86.5 Å². The Kier molecular flexibility index (Phi) is 12.7. The van der Waals surface area contributed by atoms with Gasteiger partial charge < -0.3 is 29.9 Å². The normalized spacial score (nSPS) is 15.7. The first-order valence-electron chi connectivity index (χ1n) is 12.7. The van der Waals surface area contributed by atoms with Crippen LogP contribution in [0, 0.1) is 0 Å². The molecule has 1 radical (unpaired) electrons. The van der Waals surface area contributed by atoms with E-state index < -0.39 is 0 Å². The summed E-state index contributed by atoms with van der Waals surface area (Å²) in [6, 6.07) is 15.9. The van der Waals surface area contributed by atoms with Crippen LogP contribution < -0.4 is 20.4 Å². The molecular weight excluding hydrogens is 563 g/mol.